The van der Waals surface area contributed by atoms with Crippen LogP contribution in [0.25, 0.3) is 10.9 Å². The van der Waals surface area contributed by atoms with E-state index in [4.69, 9.17) is 0 Å². The lowest BCUT2D eigenvalue weighted by Gasteiger charge is -2.38. The molecule has 2 atom stereocenters. The molecule has 1 aromatic heterocycles. The van der Waals surface area contributed by atoms with Gasteiger partial charge in [-0.1, -0.05) is 30.3 Å². The zero-order valence-corrected chi connectivity index (χ0v) is 13.5. The largest absolute Gasteiger partial charge is 0.361 e. The van der Waals surface area contributed by atoms with Gasteiger partial charge < -0.3 is 9.88 Å². The van der Waals surface area contributed by atoms with Crippen molar-refractivity contribution in [1.82, 2.24) is 9.88 Å². The zero-order chi connectivity index (χ0) is 16.1. The van der Waals surface area contributed by atoms with Crippen molar-refractivity contribution >= 4 is 16.8 Å². The van der Waals surface area contributed by atoms with Gasteiger partial charge in [-0.25, -0.2) is 0 Å². The molecule has 3 heteroatoms. The third-order valence-electron chi connectivity index (χ3n) is 5.73. The molecule has 1 aliphatic heterocycles. The van der Waals surface area contributed by atoms with Crippen molar-refractivity contribution in [3.8, 4) is 0 Å². The molecule has 1 unspecified atom stereocenters. The number of nitrogens with one attached hydrogen (secondary N) is 1. The van der Waals surface area contributed by atoms with Crippen molar-refractivity contribution in [2.45, 2.75) is 31.2 Å². The number of carbonyl (C=O) groups is 1. The predicted octanol–water partition coefficient (Wildman–Crippen LogP) is 4.11. The maximum absolute atomic E-state index is 13.2. The van der Waals surface area contributed by atoms with E-state index in [0.29, 0.717) is 12.0 Å². The van der Waals surface area contributed by atoms with Crippen LogP contribution in [0.2, 0.25) is 0 Å². The first-order valence-corrected chi connectivity index (χ1v) is 8.77. The van der Waals surface area contributed by atoms with E-state index in [1.54, 1.807) is 0 Å². The van der Waals surface area contributed by atoms with Gasteiger partial charge in [-0.3, -0.25) is 4.79 Å². The Kier molecular flexibility index (Phi) is 3.02. The minimum Gasteiger partial charge on any atom is -0.361 e. The van der Waals surface area contributed by atoms with Crippen LogP contribution in [-0.2, 0) is 6.42 Å². The lowest BCUT2D eigenvalue weighted by Crippen LogP contribution is -2.46. The van der Waals surface area contributed by atoms with Gasteiger partial charge in [-0.2, -0.15) is 0 Å². The molecule has 2 aliphatic rings. The average molecular weight is 316 g/mol. The van der Waals surface area contributed by atoms with Crippen LogP contribution in [0.5, 0.6) is 0 Å². The summed E-state index contributed by atoms with van der Waals surface area (Å²) in [5, 5.41) is 1.15. The van der Waals surface area contributed by atoms with Crippen molar-refractivity contribution in [3.63, 3.8) is 0 Å². The van der Waals surface area contributed by atoms with Crippen LogP contribution in [-0.4, -0.2) is 28.4 Å². The van der Waals surface area contributed by atoms with E-state index in [0.717, 1.165) is 35.9 Å². The summed E-state index contributed by atoms with van der Waals surface area (Å²) in [7, 11) is 0. The molecular formula is C21H20N2O. The monoisotopic (exact) mass is 316 g/mol. The molecule has 24 heavy (non-hydrogen) atoms. The van der Waals surface area contributed by atoms with E-state index in [1.807, 2.05) is 30.5 Å². The second-order valence-electron chi connectivity index (χ2n) is 7.00. The summed E-state index contributed by atoms with van der Waals surface area (Å²) >= 11 is 0. The highest BCUT2D eigenvalue weighted by Gasteiger charge is 2.40. The molecule has 5 rings (SSSR count). The molecule has 1 saturated heterocycles. The number of benzene rings is 2. The van der Waals surface area contributed by atoms with Crippen LogP contribution < -0.4 is 0 Å². The van der Waals surface area contributed by atoms with Gasteiger partial charge in [0.15, 0.2) is 0 Å². The number of aromatic nitrogens is 1. The molecule has 3 aromatic rings. The molecule has 0 bridgehead atoms. The Balaban J connectivity index is 1.49. The van der Waals surface area contributed by atoms with Gasteiger partial charge in [0.2, 0.25) is 0 Å². The number of likely N-dealkylation sites (tertiary alicyclic amines) is 1. The third-order valence-corrected chi connectivity index (χ3v) is 5.73. The Labute approximate surface area is 141 Å². The first-order chi connectivity index (χ1) is 11.8. The molecule has 0 saturated carbocycles. The summed E-state index contributed by atoms with van der Waals surface area (Å²) in [5.41, 5.74) is 4.71. The van der Waals surface area contributed by atoms with Gasteiger partial charge in [0.05, 0.1) is 0 Å². The molecule has 1 aliphatic carbocycles. The topological polar surface area (TPSA) is 36.1 Å². The fraction of sp³-hybridized carbons (Fsp3) is 0.286. The maximum Gasteiger partial charge on any atom is 0.254 e. The van der Waals surface area contributed by atoms with Gasteiger partial charge in [-0.05, 0) is 54.0 Å². The smallest absolute Gasteiger partial charge is 0.254 e. The SMILES string of the molecule is O=C(c1ccc2cc[nH]c2c1)N1CCC[C@@H]2c3ccccc3CC21. The van der Waals surface area contributed by atoms with E-state index in [1.165, 1.54) is 17.5 Å². The highest BCUT2D eigenvalue weighted by atomic mass is 16.2. The highest BCUT2D eigenvalue weighted by molar-refractivity contribution is 5.98. The summed E-state index contributed by atoms with van der Waals surface area (Å²) in [6.45, 7) is 0.872. The Morgan fingerprint density at radius 2 is 2.04 bits per heavy atom. The molecule has 120 valence electrons. The number of amides is 1. The molecule has 1 amide bonds. The van der Waals surface area contributed by atoms with Crippen molar-refractivity contribution in [3.05, 3.63) is 71.4 Å². The number of carbonyl (C=O) groups excluding carboxylic acids is 1. The molecule has 2 heterocycles. The van der Waals surface area contributed by atoms with Gasteiger partial charge in [0.1, 0.15) is 0 Å². The molecular weight excluding hydrogens is 296 g/mol. The van der Waals surface area contributed by atoms with E-state index >= 15 is 0 Å². The van der Waals surface area contributed by atoms with Crippen LogP contribution in [0, 0.1) is 0 Å². The van der Waals surface area contributed by atoms with Crippen LogP contribution in [0.15, 0.2) is 54.7 Å². The van der Waals surface area contributed by atoms with Gasteiger partial charge in [-0.15, -0.1) is 0 Å². The second-order valence-corrected chi connectivity index (χ2v) is 7.00. The molecule has 0 radical (unpaired) electrons. The van der Waals surface area contributed by atoms with Crippen LogP contribution in [0.4, 0.5) is 0 Å². The van der Waals surface area contributed by atoms with Crippen molar-refractivity contribution in [2.75, 3.05) is 6.54 Å². The number of fused-ring (bicyclic) bond motifs is 4. The van der Waals surface area contributed by atoms with Crippen molar-refractivity contribution in [1.29, 1.82) is 0 Å². The minimum atomic E-state index is 0.175. The number of hydrogen-bond donors (Lipinski definition) is 1. The number of H-pyrrole nitrogens is 1. The summed E-state index contributed by atoms with van der Waals surface area (Å²) in [6.07, 6.45) is 5.20. The third kappa shape index (κ3) is 2.01. The molecule has 1 fully saturated rings. The fourth-order valence-electron chi connectivity index (χ4n) is 4.58. The van der Waals surface area contributed by atoms with E-state index in [9.17, 15) is 4.79 Å². The number of rotatable bonds is 1. The van der Waals surface area contributed by atoms with Crippen LogP contribution in [0.1, 0.15) is 40.2 Å². The maximum atomic E-state index is 13.2. The molecule has 0 spiro atoms. The Morgan fingerprint density at radius 1 is 1.12 bits per heavy atom. The van der Waals surface area contributed by atoms with Gasteiger partial charge in [0.25, 0.3) is 5.91 Å². The predicted molar refractivity (Wildman–Crippen MR) is 95.2 cm³/mol. The van der Waals surface area contributed by atoms with Crippen molar-refractivity contribution in [2.24, 2.45) is 0 Å². The number of piperidine rings is 1. The minimum absolute atomic E-state index is 0.175. The lowest BCUT2D eigenvalue weighted by molar-refractivity contribution is 0.0595. The van der Waals surface area contributed by atoms with Gasteiger partial charge in [0, 0.05) is 35.8 Å². The number of nitrogens with zero attached hydrogens (tertiary/aromatic N) is 1. The summed E-state index contributed by atoms with van der Waals surface area (Å²) < 4.78 is 0. The molecule has 2 aromatic carbocycles. The zero-order valence-electron chi connectivity index (χ0n) is 13.5. The lowest BCUT2D eigenvalue weighted by atomic mass is 9.88. The van der Waals surface area contributed by atoms with Gasteiger partial charge >= 0.3 is 0 Å². The second kappa shape index (κ2) is 5.23. The Bertz CT molecular complexity index is 926. The summed E-state index contributed by atoms with van der Waals surface area (Å²) in [5.74, 6) is 0.683. The van der Waals surface area contributed by atoms with Crippen molar-refractivity contribution < 1.29 is 4.79 Å². The molecule has 3 nitrogen and oxygen atoms in total. The fourth-order valence-corrected chi connectivity index (χ4v) is 4.58. The Morgan fingerprint density at radius 3 is 3.00 bits per heavy atom. The average Bonchev–Trinajstić information content (AvgIpc) is 3.24. The summed E-state index contributed by atoms with van der Waals surface area (Å²) in [4.78, 5) is 18.5. The normalized spacial score (nSPS) is 22.4. The van der Waals surface area contributed by atoms with E-state index in [-0.39, 0.29) is 5.91 Å². The first kappa shape index (κ1) is 13.8. The number of hydrogen-bond acceptors (Lipinski definition) is 1. The number of aromatic amines is 1. The van der Waals surface area contributed by atoms with E-state index in [2.05, 4.69) is 34.1 Å². The molecule has 1 N–H and O–H groups in total. The Hall–Kier alpha value is -2.55. The van der Waals surface area contributed by atoms with E-state index < -0.39 is 0 Å². The standard InChI is InChI=1S/C21H20N2O/c24-21(16-8-7-14-9-10-22-19(14)12-16)23-11-3-6-18-17-5-2-1-4-15(17)13-20(18)23/h1-2,4-5,7-10,12,18,20,22H,3,6,11,13H2/t18-,20?/m1/s1. The first-order valence-electron chi connectivity index (χ1n) is 8.77. The quantitative estimate of drug-likeness (QED) is 0.720. The highest BCUT2D eigenvalue weighted by Crippen LogP contribution is 2.42. The summed E-state index contributed by atoms with van der Waals surface area (Å²) in [6, 6.07) is 17.1. The van der Waals surface area contributed by atoms with Crippen LogP contribution in [0.3, 0.4) is 0 Å². The van der Waals surface area contributed by atoms with Crippen LogP contribution >= 0.6 is 0 Å².